The average molecular weight is 447 g/mol. The lowest BCUT2D eigenvalue weighted by Crippen LogP contribution is -2.37. The molecule has 0 aliphatic carbocycles. The first-order valence-electron chi connectivity index (χ1n) is 10.4. The van der Waals surface area contributed by atoms with Crippen LogP contribution in [0, 0.1) is 16.0 Å². The number of anilines is 1. The quantitative estimate of drug-likeness (QED) is 0.323. The molecule has 0 atom stereocenters. The van der Waals surface area contributed by atoms with Crippen LogP contribution in [0.15, 0.2) is 66.7 Å². The zero-order valence-corrected chi connectivity index (χ0v) is 17.6. The van der Waals surface area contributed by atoms with Gasteiger partial charge in [0.05, 0.1) is 10.8 Å². The summed E-state index contributed by atoms with van der Waals surface area (Å²) in [5, 5.41) is 20.7. The Labute approximate surface area is 189 Å². The summed E-state index contributed by atoms with van der Waals surface area (Å²) in [5.41, 5.74) is 0.923. The molecule has 0 saturated carbocycles. The summed E-state index contributed by atoms with van der Waals surface area (Å²) >= 11 is 0. The molecule has 2 heterocycles. The Morgan fingerprint density at radius 1 is 0.970 bits per heavy atom. The van der Waals surface area contributed by atoms with Crippen molar-refractivity contribution in [1.29, 1.82) is 0 Å². The molecule has 9 nitrogen and oxygen atoms in total. The van der Waals surface area contributed by atoms with Gasteiger partial charge in [0.25, 0.3) is 0 Å². The van der Waals surface area contributed by atoms with Crippen molar-refractivity contribution in [3.05, 3.63) is 88.0 Å². The number of carbonyl (C=O) groups is 2. The molecular formula is C24H21N3O6. The molecule has 9 heteroatoms. The minimum absolute atomic E-state index is 0.109. The molecule has 0 bridgehead atoms. The fourth-order valence-corrected chi connectivity index (χ4v) is 3.75. The molecule has 0 unspecified atom stereocenters. The van der Waals surface area contributed by atoms with Gasteiger partial charge < -0.3 is 14.7 Å². The predicted molar refractivity (Wildman–Crippen MR) is 120 cm³/mol. The van der Waals surface area contributed by atoms with Gasteiger partial charge in [0.2, 0.25) is 11.7 Å². The van der Waals surface area contributed by atoms with Gasteiger partial charge in [0.1, 0.15) is 5.75 Å². The van der Waals surface area contributed by atoms with Crippen LogP contribution in [0.2, 0.25) is 0 Å². The van der Waals surface area contributed by atoms with Crippen LogP contribution in [0.25, 0.3) is 0 Å². The van der Waals surface area contributed by atoms with Crippen molar-refractivity contribution in [1.82, 2.24) is 4.98 Å². The number of ketones is 1. The van der Waals surface area contributed by atoms with Crippen LogP contribution < -0.4 is 9.64 Å². The third kappa shape index (κ3) is 4.98. The van der Waals surface area contributed by atoms with Gasteiger partial charge in [-0.05, 0) is 37.1 Å². The molecule has 1 fully saturated rings. The molecule has 0 radical (unpaired) electrons. The highest BCUT2D eigenvalue weighted by Gasteiger charge is 2.29. The highest BCUT2D eigenvalue weighted by Crippen LogP contribution is 2.33. The summed E-state index contributed by atoms with van der Waals surface area (Å²) in [6.45, 7) is 0.703. The first-order chi connectivity index (χ1) is 15.9. The molecule has 1 saturated heterocycles. The third-order valence-corrected chi connectivity index (χ3v) is 5.54. The number of hydrogen-bond acceptors (Lipinski definition) is 7. The standard InChI is InChI=1S/C24H21N3O6/c28-22(16-4-2-1-3-5-16)17-6-8-19(9-7-17)33-21-11-10-20(27(31)32)23(25-21)26-14-12-18(13-15-26)24(29)30/h1-11,18H,12-15H2,(H,29,30). The monoisotopic (exact) mass is 447 g/mol. The minimum Gasteiger partial charge on any atom is -0.481 e. The zero-order valence-electron chi connectivity index (χ0n) is 17.6. The minimum atomic E-state index is -0.858. The Bertz CT molecular complexity index is 1170. The van der Waals surface area contributed by atoms with E-state index in [1.165, 1.54) is 12.1 Å². The number of aromatic nitrogens is 1. The van der Waals surface area contributed by atoms with Crippen molar-refractivity contribution < 1.29 is 24.4 Å². The van der Waals surface area contributed by atoms with E-state index >= 15 is 0 Å². The molecule has 4 rings (SSSR count). The maximum atomic E-state index is 12.5. The average Bonchev–Trinajstić information content (AvgIpc) is 2.84. The number of carboxylic acids is 1. The van der Waals surface area contributed by atoms with Crippen molar-refractivity contribution in [2.24, 2.45) is 5.92 Å². The number of pyridine rings is 1. The molecule has 1 aliphatic rings. The van der Waals surface area contributed by atoms with Crippen LogP contribution >= 0.6 is 0 Å². The Kier molecular flexibility index (Phi) is 6.30. The summed E-state index contributed by atoms with van der Waals surface area (Å²) < 4.78 is 5.78. The summed E-state index contributed by atoms with van der Waals surface area (Å²) in [7, 11) is 0. The Hall–Kier alpha value is -4.27. The van der Waals surface area contributed by atoms with Gasteiger partial charge in [-0.1, -0.05) is 30.3 Å². The van der Waals surface area contributed by atoms with Gasteiger partial charge >= 0.3 is 11.7 Å². The maximum absolute atomic E-state index is 12.5. The molecule has 33 heavy (non-hydrogen) atoms. The molecule has 168 valence electrons. The van der Waals surface area contributed by atoms with Gasteiger partial charge in [0, 0.05) is 36.3 Å². The highest BCUT2D eigenvalue weighted by molar-refractivity contribution is 6.08. The molecule has 1 aliphatic heterocycles. The van der Waals surface area contributed by atoms with Crippen LogP contribution in [-0.4, -0.2) is 39.9 Å². The summed E-state index contributed by atoms with van der Waals surface area (Å²) in [6.07, 6.45) is 0.770. The Morgan fingerprint density at radius 2 is 1.61 bits per heavy atom. The van der Waals surface area contributed by atoms with Crippen molar-refractivity contribution in [2.45, 2.75) is 12.8 Å². The Balaban J connectivity index is 1.51. The van der Waals surface area contributed by atoms with Crippen molar-refractivity contribution in [2.75, 3.05) is 18.0 Å². The molecule has 1 N–H and O–H groups in total. The van der Waals surface area contributed by atoms with Gasteiger partial charge in [-0.3, -0.25) is 19.7 Å². The summed E-state index contributed by atoms with van der Waals surface area (Å²) in [4.78, 5) is 40.8. The third-order valence-electron chi connectivity index (χ3n) is 5.54. The first kappa shape index (κ1) is 21.9. The number of nitrogens with zero attached hydrogens (tertiary/aromatic N) is 3. The van der Waals surface area contributed by atoms with Crippen molar-refractivity contribution in [3.8, 4) is 11.6 Å². The predicted octanol–water partition coefficient (Wildman–Crippen LogP) is 4.31. The Morgan fingerprint density at radius 3 is 2.21 bits per heavy atom. The lowest BCUT2D eigenvalue weighted by molar-refractivity contribution is -0.384. The number of benzene rings is 2. The van der Waals surface area contributed by atoms with Crippen molar-refractivity contribution >= 4 is 23.3 Å². The normalized spacial score (nSPS) is 14.0. The van der Waals surface area contributed by atoms with Gasteiger partial charge in [-0.15, -0.1) is 0 Å². The van der Waals surface area contributed by atoms with Crippen LogP contribution in [-0.2, 0) is 4.79 Å². The first-order valence-corrected chi connectivity index (χ1v) is 10.4. The highest BCUT2D eigenvalue weighted by atomic mass is 16.6. The SMILES string of the molecule is O=C(c1ccccc1)c1ccc(Oc2ccc([N+](=O)[O-])c(N3CCC(C(=O)O)CC3)n2)cc1. The van der Waals surface area contributed by atoms with E-state index in [1.807, 2.05) is 6.07 Å². The second kappa shape index (κ2) is 9.47. The number of ether oxygens (including phenoxy) is 1. The number of hydrogen-bond donors (Lipinski definition) is 1. The van der Waals surface area contributed by atoms with E-state index < -0.39 is 16.8 Å². The molecule has 2 aromatic carbocycles. The second-order valence-electron chi connectivity index (χ2n) is 7.67. The molecule has 0 amide bonds. The van der Waals surface area contributed by atoms with E-state index in [1.54, 1.807) is 53.4 Å². The summed E-state index contributed by atoms with van der Waals surface area (Å²) in [5.74, 6) is -0.685. The number of nitro groups is 1. The lowest BCUT2D eigenvalue weighted by atomic mass is 9.97. The van der Waals surface area contributed by atoms with E-state index in [0.29, 0.717) is 42.8 Å². The second-order valence-corrected chi connectivity index (χ2v) is 7.67. The van der Waals surface area contributed by atoms with Gasteiger partial charge in [-0.2, -0.15) is 4.98 Å². The van der Waals surface area contributed by atoms with Crippen molar-refractivity contribution in [3.63, 3.8) is 0 Å². The van der Waals surface area contributed by atoms with Gasteiger partial charge in [-0.25, -0.2) is 0 Å². The topological polar surface area (TPSA) is 123 Å². The largest absolute Gasteiger partial charge is 0.481 e. The number of rotatable bonds is 7. The molecular weight excluding hydrogens is 426 g/mol. The van der Waals surface area contributed by atoms with Gasteiger partial charge in [0.15, 0.2) is 5.78 Å². The number of carbonyl (C=O) groups excluding carboxylic acids is 1. The van der Waals surface area contributed by atoms with E-state index in [-0.39, 0.29) is 23.2 Å². The smallest absolute Gasteiger partial charge is 0.311 e. The van der Waals surface area contributed by atoms with E-state index in [0.717, 1.165) is 0 Å². The van der Waals surface area contributed by atoms with E-state index in [9.17, 15) is 24.8 Å². The molecule has 3 aromatic rings. The number of carboxylic acid groups (broad SMARTS) is 1. The lowest BCUT2D eigenvalue weighted by Gasteiger charge is -2.30. The van der Waals surface area contributed by atoms with E-state index in [2.05, 4.69) is 4.98 Å². The fourth-order valence-electron chi connectivity index (χ4n) is 3.75. The van der Waals surface area contributed by atoms with Crippen LogP contribution in [0.4, 0.5) is 11.5 Å². The molecule has 0 spiro atoms. The maximum Gasteiger partial charge on any atom is 0.311 e. The van der Waals surface area contributed by atoms with Crippen LogP contribution in [0.5, 0.6) is 11.6 Å². The fraction of sp³-hybridized carbons (Fsp3) is 0.208. The number of piperidine rings is 1. The van der Waals surface area contributed by atoms with E-state index in [4.69, 9.17) is 4.74 Å². The van der Waals surface area contributed by atoms with Crippen LogP contribution in [0.1, 0.15) is 28.8 Å². The zero-order chi connectivity index (χ0) is 23.4. The van der Waals surface area contributed by atoms with Crippen LogP contribution in [0.3, 0.4) is 0 Å². The summed E-state index contributed by atoms with van der Waals surface area (Å²) in [6, 6.07) is 18.2. The number of aliphatic carboxylic acids is 1. The molecule has 1 aromatic heterocycles.